The van der Waals surface area contributed by atoms with Crippen molar-refractivity contribution in [1.29, 1.82) is 0 Å². The smallest absolute Gasteiger partial charge is 0.229 e. The zero-order valence-corrected chi connectivity index (χ0v) is 7.48. The van der Waals surface area contributed by atoms with Gasteiger partial charge in [0.2, 0.25) is 5.88 Å². The summed E-state index contributed by atoms with van der Waals surface area (Å²) < 4.78 is 6.91. The van der Waals surface area contributed by atoms with Gasteiger partial charge in [0.25, 0.3) is 0 Å². The minimum atomic E-state index is 0.0260. The summed E-state index contributed by atoms with van der Waals surface area (Å²) in [7, 11) is 1.83. The molecule has 68 valence electrons. The Hall–Kier alpha value is -1.71. The lowest BCUT2D eigenvalue weighted by molar-refractivity contribution is 0.456. The Morgan fingerprint density at radius 3 is 2.77 bits per heavy atom. The van der Waals surface area contributed by atoms with E-state index in [1.165, 1.54) is 0 Å². The molecule has 1 N–H and O–H groups in total. The topological polar surface area (TPSA) is 51.2 Å². The molecule has 0 aliphatic heterocycles. The quantitative estimate of drug-likeness (QED) is 0.723. The van der Waals surface area contributed by atoms with Gasteiger partial charge in [0.1, 0.15) is 11.6 Å². The fourth-order valence-electron chi connectivity index (χ4n) is 1.32. The van der Waals surface area contributed by atoms with Gasteiger partial charge in [-0.15, -0.1) is 0 Å². The van der Waals surface area contributed by atoms with Gasteiger partial charge in [0.05, 0.1) is 18.0 Å². The Morgan fingerprint density at radius 2 is 2.31 bits per heavy atom. The molecule has 0 bridgehead atoms. The average Bonchev–Trinajstić information content (AvgIpc) is 2.58. The summed E-state index contributed by atoms with van der Waals surface area (Å²) >= 11 is 0. The summed E-state index contributed by atoms with van der Waals surface area (Å²) in [4.78, 5) is 3.97. The Labute approximate surface area is 75.4 Å². The predicted octanol–water partition coefficient (Wildman–Crippen LogP) is 1.69. The van der Waals surface area contributed by atoms with E-state index in [9.17, 15) is 0 Å². The van der Waals surface area contributed by atoms with Crippen LogP contribution in [0.3, 0.4) is 0 Å². The number of hydrogen-bond acceptors (Lipinski definition) is 3. The molecule has 2 heterocycles. The number of imidazole rings is 1. The van der Waals surface area contributed by atoms with Gasteiger partial charge >= 0.3 is 0 Å². The van der Waals surface area contributed by atoms with E-state index in [-0.39, 0.29) is 5.88 Å². The summed E-state index contributed by atoms with van der Waals surface area (Å²) in [6.45, 7) is 1.86. The molecule has 2 aromatic rings. The van der Waals surface area contributed by atoms with Crippen molar-refractivity contribution in [3.63, 3.8) is 0 Å². The lowest BCUT2D eigenvalue weighted by atomic mass is 10.2. The van der Waals surface area contributed by atoms with Gasteiger partial charge in [-0.25, -0.2) is 0 Å². The van der Waals surface area contributed by atoms with E-state index in [1.54, 1.807) is 17.0 Å². The molecule has 0 saturated heterocycles. The van der Waals surface area contributed by atoms with Crippen molar-refractivity contribution < 1.29 is 9.52 Å². The molecule has 4 heteroatoms. The van der Waals surface area contributed by atoms with Gasteiger partial charge in [0, 0.05) is 7.05 Å². The Kier molecular flexibility index (Phi) is 1.62. The molecule has 0 fully saturated rings. The van der Waals surface area contributed by atoms with Gasteiger partial charge in [-0.05, 0) is 13.0 Å². The number of furan rings is 1. The van der Waals surface area contributed by atoms with Crippen LogP contribution in [0, 0.1) is 6.92 Å². The van der Waals surface area contributed by atoms with Gasteiger partial charge in [0.15, 0.2) is 0 Å². The molecule has 13 heavy (non-hydrogen) atoms. The highest BCUT2D eigenvalue weighted by atomic mass is 16.3. The second-order valence-corrected chi connectivity index (χ2v) is 2.92. The van der Waals surface area contributed by atoms with Gasteiger partial charge in [-0.2, -0.15) is 4.98 Å². The molecule has 4 nitrogen and oxygen atoms in total. The fourth-order valence-corrected chi connectivity index (χ4v) is 1.32. The van der Waals surface area contributed by atoms with E-state index in [4.69, 9.17) is 9.52 Å². The molecule has 2 rings (SSSR count). The summed E-state index contributed by atoms with van der Waals surface area (Å²) in [6, 6.07) is 1.83. The standard InChI is InChI=1S/C9H10N2O2/c1-6-7(3-4-13-6)9-10-8(12)5-11(9)2/h3-5,12H,1-2H3. The molecule has 0 saturated carbocycles. The van der Waals surface area contributed by atoms with Crippen molar-refractivity contribution in [1.82, 2.24) is 9.55 Å². The molecular weight excluding hydrogens is 168 g/mol. The van der Waals surface area contributed by atoms with Crippen LogP contribution in [-0.2, 0) is 7.05 Å². The van der Waals surface area contributed by atoms with E-state index < -0.39 is 0 Å². The second kappa shape index (κ2) is 2.65. The van der Waals surface area contributed by atoms with E-state index >= 15 is 0 Å². The lowest BCUT2D eigenvalue weighted by Gasteiger charge is -1.97. The van der Waals surface area contributed by atoms with Crippen LogP contribution < -0.4 is 0 Å². The highest BCUT2D eigenvalue weighted by Gasteiger charge is 2.10. The van der Waals surface area contributed by atoms with Crippen LogP contribution in [0.4, 0.5) is 0 Å². The van der Waals surface area contributed by atoms with E-state index in [2.05, 4.69) is 4.98 Å². The van der Waals surface area contributed by atoms with Crippen molar-refractivity contribution in [2.24, 2.45) is 7.05 Å². The van der Waals surface area contributed by atoms with Crippen LogP contribution >= 0.6 is 0 Å². The first-order valence-corrected chi connectivity index (χ1v) is 3.95. The van der Waals surface area contributed by atoms with Crippen LogP contribution in [0.15, 0.2) is 22.9 Å². The van der Waals surface area contributed by atoms with Crippen molar-refractivity contribution in [2.75, 3.05) is 0 Å². The third-order valence-corrected chi connectivity index (χ3v) is 1.96. The largest absolute Gasteiger partial charge is 0.492 e. The molecule has 0 unspecified atom stereocenters. The molecule has 0 amide bonds. The summed E-state index contributed by atoms with van der Waals surface area (Å²) in [6.07, 6.45) is 3.16. The minimum Gasteiger partial charge on any atom is -0.492 e. The molecule has 0 aromatic carbocycles. The van der Waals surface area contributed by atoms with Crippen molar-refractivity contribution in [3.05, 3.63) is 24.3 Å². The third-order valence-electron chi connectivity index (χ3n) is 1.96. The first-order chi connectivity index (χ1) is 6.18. The average molecular weight is 178 g/mol. The molecule has 0 atom stereocenters. The summed E-state index contributed by atoms with van der Waals surface area (Å²) in [5, 5.41) is 9.16. The maximum atomic E-state index is 9.16. The Morgan fingerprint density at radius 1 is 1.54 bits per heavy atom. The van der Waals surface area contributed by atoms with Gasteiger partial charge in [-0.3, -0.25) is 0 Å². The maximum Gasteiger partial charge on any atom is 0.229 e. The second-order valence-electron chi connectivity index (χ2n) is 2.92. The van der Waals surface area contributed by atoms with E-state index in [1.807, 2.05) is 20.0 Å². The summed E-state index contributed by atoms with van der Waals surface area (Å²) in [5.41, 5.74) is 0.905. The van der Waals surface area contributed by atoms with Crippen molar-refractivity contribution in [2.45, 2.75) is 6.92 Å². The molecular formula is C9H10N2O2. The lowest BCUT2D eigenvalue weighted by Crippen LogP contribution is -1.90. The fraction of sp³-hybridized carbons (Fsp3) is 0.222. The molecule has 0 aliphatic rings. The first kappa shape index (κ1) is 7.91. The van der Waals surface area contributed by atoms with Gasteiger partial charge in [-0.1, -0.05) is 0 Å². The minimum absolute atomic E-state index is 0.0260. The molecule has 0 aliphatic carbocycles. The molecule has 0 spiro atoms. The van der Waals surface area contributed by atoms with Crippen LogP contribution in [0.5, 0.6) is 5.88 Å². The van der Waals surface area contributed by atoms with Gasteiger partial charge < -0.3 is 14.1 Å². The monoisotopic (exact) mass is 178 g/mol. The zero-order valence-electron chi connectivity index (χ0n) is 7.48. The third kappa shape index (κ3) is 1.20. The first-order valence-electron chi connectivity index (χ1n) is 3.95. The van der Waals surface area contributed by atoms with Crippen LogP contribution in [-0.4, -0.2) is 14.7 Å². The highest BCUT2D eigenvalue weighted by molar-refractivity contribution is 5.58. The number of aromatic nitrogens is 2. The number of hydrogen-bond donors (Lipinski definition) is 1. The predicted molar refractivity (Wildman–Crippen MR) is 47.3 cm³/mol. The van der Waals surface area contributed by atoms with E-state index in [0.717, 1.165) is 11.3 Å². The summed E-state index contributed by atoms with van der Waals surface area (Å²) in [5.74, 6) is 1.54. The SMILES string of the molecule is Cc1occc1-c1nc(O)cn1C. The Bertz CT molecular complexity index is 429. The normalized spacial score (nSPS) is 10.6. The van der Waals surface area contributed by atoms with E-state index in [0.29, 0.717) is 5.82 Å². The molecule has 0 radical (unpaired) electrons. The van der Waals surface area contributed by atoms with Crippen molar-refractivity contribution >= 4 is 0 Å². The van der Waals surface area contributed by atoms with Crippen LogP contribution in [0.1, 0.15) is 5.76 Å². The zero-order chi connectivity index (χ0) is 9.42. The number of rotatable bonds is 1. The van der Waals surface area contributed by atoms with Crippen LogP contribution in [0.25, 0.3) is 11.4 Å². The van der Waals surface area contributed by atoms with Crippen molar-refractivity contribution in [3.8, 4) is 17.3 Å². The maximum absolute atomic E-state index is 9.16. The molecule has 2 aromatic heterocycles. The Balaban J connectivity index is 2.58. The number of aryl methyl sites for hydroxylation is 2. The number of aromatic hydroxyl groups is 1. The number of nitrogens with zero attached hydrogens (tertiary/aromatic N) is 2. The van der Waals surface area contributed by atoms with Crippen LogP contribution in [0.2, 0.25) is 0 Å². The highest BCUT2D eigenvalue weighted by Crippen LogP contribution is 2.24.